The van der Waals surface area contributed by atoms with Crippen molar-refractivity contribution in [3.63, 3.8) is 0 Å². The van der Waals surface area contributed by atoms with E-state index in [1.165, 1.54) is 0 Å². The van der Waals surface area contributed by atoms with Crippen molar-refractivity contribution in [1.29, 1.82) is 0 Å². The van der Waals surface area contributed by atoms with Gasteiger partial charge in [-0.15, -0.1) is 0 Å². The number of hydrogen-bond acceptors (Lipinski definition) is 6. The molecule has 5 rings (SSSR count). The Kier molecular flexibility index (Phi) is 3.20. The summed E-state index contributed by atoms with van der Waals surface area (Å²) >= 11 is 0. The average Bonchev–Trinajstić information content (AvgIpc) is 3.39. The lowest BCUT2D eigenvalue weighted by molar-refractivity contribution is 0.100. The van der Waals surface area contributed by atoms with Crippen LogP contribution in [0.4, 0.5) is 0 Å². The molecule has 2 aliphatic rings. The number of carbonyl (C=O) groups is 1. The third kappa shape index (κ3) is 2.76. The molecule has 0 aliphatic carbocycles. The third-order valence-corrected chi connectivity index (χ3v) is 4.04. The molecule has 4 N–H and O–H groups in total. The minimum absolute atomic E-state index is 0.267. The van der Waals surface area contributed by atoms with Crippen LogP contribution in [0, 0.1) is 0 Å². The molecule has 3 aromatic heterocycles. The summed E-state index contributed by atoms with van der Waals surface area (Å²) in [4.78, 5) is 40.2. The number of nitrogens with two attached hydrogens (primary N) is 1. The molecule has 0 saturated heterocycles. The second kappa shape index (κ2) is 5.70. The van der Waals surface area contributed by atoms with Crippen LogP contribution in [0.25, 0.3) is 46.8 Å². The second-order valence-electron chi connectivity index (χ2n) is 5.91. The molecule has 0 atom stereocenters. The number of aromatic nitrogens is 7. The maximum absolute atomic E-state index is 12.0. The highest BCUT2D eigenvalue weighted by Crippen LogP contribution is 2.18. The summed E-state index contributed by atoms with van der Waals surface area (Å²) in [5.41, 5.74) is 8.56. The van der Waals surface area contributed by atoms with Gasteiger partial charge in [-0.25, -0.2) is 24.9 Å². The fourth-order valence-corrected chi connectivity index (χ4v) is 2.88. The number of primary amides is 1. The molecule has 0 saturated carbocycles. The topological polar surface area (TPSA) is 139 Å². The molecule has 0 aromatic carbocycles. The molecule has 3 aromatic rings. The molecular formula is C18H12N8O. The molecule has 0 fully saturated rings. The van der Waals surface area contributed by atoms with Gasteiger partial charge in [-0.2, -0.15) is 0 Å². The molecule has 8 bridgehead atoms. The first-order valence-electron chi connectivity index (χ1n) is 8.12. The number of rotatable bonds is 1. The highest BCUT2D eigenvalue weighted by Gasteiger charge is 2.13. The number of fused-ring (bicyclic) bond motifs is 8. The number of carbonyl (C=O) groups excluding carboxylic acids is 1. The first kappa shape index (κ1) is 15.1. The average molecular weight is 356 g/mol. The van der Waals surface area contributed by atoms with Crippen LogP contribution in [0.3, 0.4) is 0 Å². The van der Waals surface area contributed by atoms with Crippen molar-refractivity contribution < 1.29 is 4.79 Å². The summed E-state index contributed by atoms with van der Waals surface area (Å²) in [6.07, 6.45) is 6.94. The number of nitrogens with one attached hydrogen (secondary N) is 2. The minimum Gasteiger partial charge on any atom is -0.365 e. The van der Waals surface area contributed by atoms with E-state index < -0.39 is 5.91 Å². The molecule has 0 unspecified atom stereocenters. The van der Waals surface area contributed by atoms with Crippen molar-refractivity contribution in [3.8, 4) is 0 Å². The Labute approximate surface area is 151 Å². The van der Waals surface area contributed by atoms with Crippen LogP contribution in [0.5, 0.6) is 0 Å². The Balaban J connectivity index is 1.90. The summed E-state index contributed by atoms with van der Waals surface area (Å²) in [5, 5.41) is 0. The van der Waals surface area contributed by atoms with Gasteiger partial charge in [-0.05, 0) is 48.6 Å². The molecule has 0 radical (unpaired) electrons. The van der Waals surface area contributed by atoms with Crippen LogP contribution >= 0.6 is 0 Å². The number of amides is 1. The highest BCUT2D eigenvalue weighted by atomic mass is 16.1. The Bertz CT molecular complexity index is 1310. The molecule has 0 spiro atoms. The molecule has 5 heterocycles. The minimum atomic E-state index is -0.594. The normalized spacial score (nSPS) is 12.4. The Morgan fingerprint density at radius 3 is 1.93 bits per heavy atom. The smallest absolute Gasteiger partial charge is 0.253 e. The van der Waals surface area contributed by atoms with Gasteiger partial charge in [-0.1, -0.05) is 0 Å². The number of H-pyrrole nitrogens is 2. The van der Waals surface area contributed by atoms with Gasteiger partial charge in [0.15, 0.2) is 17.5 Å². The van der Waals surface area contributed by atoms with E-state index in [0.29, 0.717) is 45.6 Å². The van der Waals surface area contributed by atoms with Crippen LogP contribution in [0.1, 0.15) is 33.5 Å². The van der Waals surface area contributed by atoms with Gasteiger partial charge >= 0.3 is 0 Å². The zero-order chi connectivity index (χ0) is 18.4. The molecular weight excluding hydrogens is 344 g/mol. The molecule has 130 valence electrons. The predicted octanol–water partition coefficient (Wildman–Crippen LogP) is 1.94. The van der Waals surface area contributed by atoms with Crippen LogP contribution in [0.2, 0.25) is 0 Å². The summed E-state index contributed by atoms with van der Waals surface area (Å²) in [6, 6.07) is 7.06. The highest BCUT2D eigenvalue weighted by molar-refractivity contribution is 6.03. The fourth-order valence-electron chi connectivity index (χ4n) is 2.88. The zero-order valence-electron chi connectivity index (χ0n) is 13.8. The molecule has 9 nitrogen and oxygen atoms in total. The van der Waals surface area contributed by atoms with Gasteiger partial charge in [0, 0.05) is 0 Å². The zero-order valence-corrected chi connectivity index (χ0v) is 13.8. The quantitative estimate of drug-likeness (QED) is 0.419. The third-order valence-electron chi connectivity index (χ3n) is 4.04. The number of aromatic amines is 2. The largest absolute Gasteiger partial charge is 0.365 e. The van der Waals surface area contributed by atoms with Crippen LogP contribution in [-0.4, -0.2) is 40.8 Å². The van der Waals surface area contributed by atoms with Gasteiger partial charge in [-0.3, -0.25) is 4.79 Å². The van der Waals surface area contributed by atoms with E-state index in [1.54, 1.807) is 48.6 Å². The first-order chi connectivity index (χ1) is 13.1. The van der Waals surface area contributed by atoms with E-state index in [1.807, 2.05) is 0 Å². The number of nitrogens with zero attached hydrogens (tertiary/aromatic N) is 5. The lowest BCUT2D eigenvalue weighted by Crippen LogP contribution is -2.13. The predicted molar refractivity (Wildman–Crippen MR) is 101 cm³/mol. The summed E-state index contributed by atoms with van der Waals surface area (Å²) in [5.74, 6) is 0.887. The van der Waals surface area contributed by atoms with Crippen LogP contribution in [-0.2, 0) is 0 Å². The van der Waals surface area contributed by atoms with E-state index in [2.05, 4.69) is 34.9 Å². The lowest BCUT2D eigenvalue weighted by atomic mass is 10.2. The first-order valence-corrected chi connectivity index (χ1v) is 8.12. The summed E-state index contributed by atoms with van der Waals surface area (Å²) in [7, 11) is 0. The Hall–Kier alpha value is -4.14. The lowest BCUT2D eigenvalue weighted by Gasteiger charge is -1.96. The van der Waals surface area contributed by atoms with Crippen molar-refractivity contribution in [2.45, 2.75) is 0 Å². The summed E-state index contributed by atoms with van der Waals surface area (Å²) < 4.78 is 0. The van der Waals surface area contributed by atoms with E-state index in [0.717, 1.165) is 0 Å². The standard InChI is InChI=1S/C18H12N8O/c19-18(27)17-9-1-3-11(20-9)22-13-5-7-15(24-13)26-16-8-6-14(25-16)23-12-4-2-10(17)21-12/h1-8H,(H2,19,27)(H2,20,21,22,23,24,25,26). The maximum atomic E-state index is 12.0. The fraction of sp³-hybridized carbons (Fsp3) is 0. The molecule has 27 heavy (non-hydrogen) atoms. The maximum Gasteiger partial charge on any atom is 0.253 e. The Morgan fingerprint density at radius 1 is 0.704 bits per heavy atom. The van der Waals surface area contributed by atoms with Crippen molar-refractivity contribution in [2.24, 2.45) is 5.73 Å². The van der Waals surface area contributed by atoms with Crippen LogP contribution in [0.15, 0.2) is 24.3 Å². The van der Waals surface area contributed by atoms with Crippen molar-refractivity contribution in [2.75, 3.05) is 0 Å². The van der Waals surface area contributed by atoms with E-state index in [9.17, 15) is 4.79 Å². The Morgan fingerprint density at radius 2 is 1.26 bits per heavy atom. The summed E-state index contributed by atoms with van der Waals surface area (Å²) in [6.45, 7) is 0. The van der Waals surface area contributed by atoms with Gasteiger partial charge < -0.3 is 15.7 Å². The molecule has 9 heteroatoms. The molecule has 2 aliphatic heterocycles. The second-order valence-corrected chi connectivity index (χ2v) is 5.91. The van der Waals surface area contributed by atoms with Gasteiger partial charge in [0.05, 0.1) is 16.8 Å². The van der Waals surface area contributed by atoms with E-state index >= 15 is 0 Å². The monoisotopic (exact) mass is 356 g/mol. The molecule has 1 amide bonds. The van der Waals surface area contributed by atoms with E-state index in [-0.39, 0.29) is 5.56 Å². The van der Waals surface area contributed by atoms with Crippen molar-refractivity contribution in [3.05, 3.63) is 53.0 Å². The van der Waals surface area contributed by atoms with Gasteiger partial charge in [0.25, 0.3) is 5.91 Å². The van der Waals surface area contributed by atoms with E-state index in [4.69, 9.17) is 5.73 Å². The van der Waals surface area contributed by atoms with Crippen molar-refractivity contribution >= 4 is 52.7 Å². The number of hydrogen-bond donors (Lipinski definition) is 3. The van der Waals surface area contributed by atoms with Gasteiger partial charge in [0.2, 0.25) is 0 Å². The van der Waals surface area contributed by atoms with Crippen molar-refractivity contribution in [1.82, 2.24) is 34.9 Å². The van der Waals surface area contributed by atoms with Gasteiger partial charge in [0.1, 0.15) is 16.9 Å². The SMILES string of the molecule is NC(=O)c1c2nc(nc3ccc(nc4nc(nc5ccc1[nH]5)C=C4)[nH]3)C=C2. The van der Waals surface area contributed by atoms with Crippen LogP contribution < -0.4 is 5.73 Å².